The van der Waals surface area contributed by atoms with Crippen molar-refractivity contribution >= 4 is 21.6 Å². The molecule has 0 bridgehead atoms. The number of rotatable bonds is 4. The highest BCUT2D eigenvalue weighted by molar-refractivity contribution is 7.89. The van der Waals surface area contributed by atoms with Gasteiger partial charge in [0.1, 0.15) is 0 Å². The molecule has 2 aromatic carbocycles. The summed E-state index contributed by atoms with van der Waals surface area (Å²) in [5, 5.41) is 2.32. The number of para-hydroxylation sites is 1. The average Bonchev–Trinajstić information content (AvgIpc) is 2.68. The lowest BCUT2D eigenvalue weighted by Crippen LogP contribution is -2.43. The van der Waals surface area contributed by atoms with Gasteiger partial charge in [0.2, 0.25) is 15.9 Å². The Hall–Kier alpha value is -2.39. The van der Waals surface area contributed by atoms with E-state index in [1.165, 1.54) is 34.6 Å². The monoisotopic (exact) mass is 412 g/mol. The molecule has 0 aliphatic carbocycles. The van der Waals surface area contributed by atoms with Crippen molar-refractivity contribution in [1.29, 1.82) is 0 Å². The summed E-state index contributed by atoms with van der Waals surface area (Å²) < 4.78 is 66.0. The number of alkyl halides is 3. The van der Waals surface area contributed by atoms with Gasteiger partial charge in [0.15, 0.2) is 0 Å². The highest BCUT2D eigenvalue weighted by Gasteiger charge is 2.36. The maximum atomic E-state index is 13.1. The van der Waals surface area contributed by atoms with Crippen LogP contribution in [-0.2, 0) is 21.0 Å². The maximum absolute atomic E-state index is 13.1. The minimum Gasteiger partial charge on any atom is -0.325 e. The smallest absolute Gasteiger partial charge is 0.325 e. The first-order chi connectivity index (χ1) is 13.2. The molecule has 1 aliphatic rings. The molecule has 9 heteroatoms. The van der Waals surface area contributed by atoms with Crippen molar-refractivity contribution in [1.82, 2.24) is 4.31 Å². The van der Waals surface area contributed by atoms with E-state index >= 15 is 0 Å². The van der Waals surface area contributed by atoms with Crippen LogP contribution in [-0.4, -0.2) is 31.7 Å². The van der Waals surface area contributed by atoms with Crippen LogP contribution in [0, 0.1) is 5.92 Å². The summed E-state index contributed by atoms with van der Waals surface area (Å²) in [6.07, 6.45) is -3.75. The summed E-state index contributed by atoms with van der Waals surface area (Å²) in [6.45, 7) is 0.192. The summed E-state index contributed by atoms with van der Waals surface area (Å²) in [5.41, 5.74) is -1.27. The summed E-state index contributed by atoms with van der Waals surface area (Å²) in [7, 11) is -3.76. The molecule has 2 aromatic rings. The molecule has 1 fully saturated rings. The zero-order chi connectivity index (χ0) is 20.4. The van der Waals surface area contributed by atoms with Crippen LogP contribution in [0.2, 0.25) is 0 Å². The van der Waals surface area contributed by atoms with Gasteiger partial charge >= 0.3 is 6.18 Å². The van der Waals surface area contributed by atoms with E-state index in [1.807, 2.05) is 0 Å². The van der Waals surface area contributed by atoms with Crippen LogP contribution in [0.1, 0.15) is 18.4 Å². The number of anilines is 1. The summed E-state index contributed by atoms with van der Waals surface area (Å²) in [4.78, 5) is 12.7. The molecule has 1 heterocycles. The number of piperidine rings is 1. The molecule has 1 aliphatic heterocycles. The number of nitrogens with one attached hydrogen (secondary N) is 1. The number of amides is 1. The molecule has 0 spiro atoms. The molecule has 1 saturated heterocycles. The molecule has 5 nitrogen and oxygen atoms in total. The zero-order valence-corrected chi connectivity index (χ0v) is 15.6. The van der Waals surface area contributed by atoms with Crippen LogP contribution in [0.3, 0.4) is 0 Å². The third-order valence-electron chi connectivity index (χ3n) is 4.63. The Bertz CT molecular complexity index is 946. The second kappa shape index (κ2) is 7.92. The van der Waals surface area contributed by atoms with Crippen LogP contribution < -0.4 is 5.32 Å². The largest absolute Gasteiger partial charge is 0.418 e. The number of nitrogens with zero attached hydrogens (tertiary/aromatic N) is 1. The maximum Gasteiger partial charge on any atom is 0.418 e. The van der Waals surface area contributed by atoms with Gasteiger partial charge in [0, 0.05) is 13.1 Å². The quantitative estimate of drug-likeness (QED) is 0.832. The van der Waals surface area contributed by atoms with E-state index < -0.39 is 33.6 Å². The van der Waals surface area contributed by atoms with Crippen LogP contribution >= 0.6 is 0 Å². The van der Waals surface area contributed by atoms with Crippen molar-refractivity contribution in [2.24, 2.45) is 5.92 Å². The van der Waals surface area contributed by atoms with Gasteiger partial charge < -0.3 is 5.32 Å². The summed E-state index contributed by atoms with van der Waals surface area (Å²) >= 11 is 0. The molecule has 1 atom stereocenters. The van der Waals surface area contributed by atoms with Crippen molar-refractivity contribution in [3.8, 4) is 0 Å². The Labute approximate surface area is 161 Å². The molecule has 150 valence electrons. The first-order valence-electron chi connectivity index (χ1n) is 8.72. The fraction of sp³-hybridized carbons (Fsp3) is 0.316. The first kappa shape index (κ1) is 20.3. The van der Waals surface area contributed by atoms with E-state index in [0.717, 1.165) is 6.07 Å². The van der Waals surface area contributed by atoms with Gasteiger partial charge in [-0.15, -0.1) is 0 Å². The Kier molecular flexibility index (Phi) is 5.76. The van der Waals surface area contributed by atoms with Crippen molar-refractivity contribution in [2.45, 2.75) is 23.9 Å². The van der Waals surface area contributed by atoms with Crippen LogP contribution in [0.5, 0.6) is 0 Å². The van der Waals surface area contributed by atoms with Crippen LogP contribution in [0.25, 0.3) is 0 Å². The van der Waals surface area contributed by atoms with Crippen molar-refractivity contribution in [2.75, 3.05) is 18.4 Å². The van der Waals surface area contributed by atoms with Gasteiger partial charge in [-0.3, -0.25) is 4.79 Å². The average molecular weight is 412 g/mol. The van der Waals surface area contributed by atoms with Crippen molar-refractivity contribution in [3.63, 3.8) is 0 Å². The van der Waals surface area contributed by atoms with E-state index in [2.05, 4.69) is 5.32 Å². The highest BCUT2D eigenvalue weighted by atomic mass is 32.2. The van der Waals surface area contributed by atoms with Crippen LogP contribution in [0.4, 0.5) is 18.9 Å². The predicted octanol–water partition coefficient (Wildman–Crippen LogP) is 3.74. The number of carbonyl (C=O) groups is 1. The molecule has 0 aromatic heterocycles. The van der Waals surface area contributed by atoms with E-state index in [-0.39, 0.29) is 23.7 Å². The van der Waals surface area contributed by atoms with Crippen LogP contribution in [0.15, 0.2) is 59.5 Å². The molecule has 0 unspecified atom stereocenters. The van der Waals surface area contributed by atoms with Gasteiger partial charge in [0.05, 0.1) is 22.1 Å². The Morgan fingerprint density at radius 1 is 1.04 bits per heavy atom. The molecule has 0 radical (unpaired) electrons. The molecular weight excluding hydrogens is 393 g/mol. The molecule has 1 N–H and O–H groups in total. The molecule has 1 amide bonds. The summed E-state index contributed by atoms with van der Waals surface area (Å²) in [5.74, 6) is -1.35. The normalized spacial score (nSPS) is 18.6. The predicted molar refractivity (Wildman–Crippen MR) is 98.0 cm³/mol. The second-order valence-electron chi connectivity index (χ2n) is 6.55. The third kappa shape index (κ3) is 4.36. The fourth-order valence-electron chi connectivity index (χ4n) is 3.19. The first-order valence-corrected chi connectivity index (χ1v) is 10.2. The molecule has 0 saturated carbocycles. The number of hydrogen-bond donors (Lipinski definition) is 1. The number of sulfonamides is 1. The molecule has 28 heavy (non-hydrogen) atoms. The number of carbonyl (C=O) groups excluding carboxylic acids is 1. The number of hydrogen-bond acceptors (Lipinski definition) is 3. The molecular formula is C19H19F3N2O3S. The Balaban J connectivity index is 1.76. The molecule has 3 rings (SSSR count). The minimum atomic E-state index is -4.60. The minimum absolute atomic E-state index is 0.0722. The van der Waals surface area contributed by atoms with Gasteiger partial charge in [-0.05, 0) is 37.1 Å². The summed E-state index contributed by atoms with van der Waals surface area (Å²) in [6, 6.07) is 12.6. The third-order valence-corrected chi connectivity index (χ3v) is 6.51. The number of benzene rings is 2. The van der Waals surface area contributed by atoms with Gasteiger partial charge in [-0.2, -0.15) is 17.5 Å². The fourth-order valence-corrected chi connectivity index (χ4v) is 4.74. The standard InChI is InChI=1S/C19H19F3N2O3S/c20-19(21,22)16-10-4-5-11-17(16)23-18(25)14-7-6-12-24(13-14)28(26,27)15-8-2-1-3-9-15/h1-5,8-11,14H,6-7,12-13H2,(H,23,25)/t14-/m0/s1. The number of halogens is 3. The highest BCUT2D eigenvalue weighted by Crippen LogP contribution is 2.35. The lowest BCUT2D eigenvalue weighted by Gasteiger charge is -2.31. The van der Waals surface area contributed by atoms with E-state index in [4.69, 9.17) is 0 Å². The van der Waals surface area contributed by atoms with Gasteiger partial charge in [0.25, 0.3) is 0 Å². The van der Waals surface area contributed by atoms with E-state index in [0.29, 0.717) is 12.8 Å². The van der Waals surface area contributed by atoms with Crippen molar-refractivity contribution < 1.29 is 26.4 Å². The topological polar surface area (TPSA) is 66.5 Å². The van der Waals surface area contributed by atoms with Gasteiger partial charge in [-0.25, -0.2) is 8.42 Å². The Morgan fingerprint density at radius 3 is 2.36 bits per heavy atom. The van der Waals surface area contributed by atoms with Crippen molar-refractivity contribution in [3.05, 3.63) is 60.2 Å². The van der Waals surface area contributed by atoms with Gasteiger partial charge in [-0.1, -0.05) is 30.3 Å². The lowest BCUT2D eigenvalue weighted by molar-refractivity contribution is -0.137. The SMILES string of the molecule is O=C(Nc1ccccc1C(F)(F)F)[C@H]1CCCN(S(=O)(=O)c2ccccc2)C1. The lowest BCUT2D eigenvalue weighted by atomic mass is 9.98. The Morgan fingerprint density at radius 2 is 1.68 bits per heavy atom. The van der Waals surface area contributed by atoms with E-state index in [1.54, 1.807) is 18.2 Å². The van der Waals surface area contributed by atoms with E-state index in [9.17, 15) is 26.4 Å². The second-order valence-corrected chi connectivity index (χ2v) is 8.49. The zero-order valence-electron chi connectivity index (χ0n) is 14.8.